The Morgan fingerprint density at radius 1 is 0.800 bits per heavy atom. The van der Waals surface area contributed by atoms with Crippen LogP contribution in [-0.2, 0) is 12.8 Å². The highest BCUT2D eigenvalue weighted by molar-refractivity contribution is 5.11. The predicted molar refractivity (Wildman–Crippen MR) is 62.9 cm³/mol. The number of aromatic amines is 1. The summed E-state index contributed by atoms with van der Waals surface area (Å²) in [5.41, 5.74) is 2.73. The molecule has 1 N–H and O–H groups in total. The van der Waals surface area contributed by atoms with Crippen molar-refractivity contribution in [3.05, 3.63) is 17.7 Å². The summed E-state index contributed by atoms with van der Waals surface area (Å²) in [7, 11) is 0. The van der Waals surface area contributed by atoms with Crippen molar-refractivity contribution in [3.8, 4) is 0 Å². The molecule has 0 aliphatic heterocycles. The van der Waals surface area contributed by atoms with Gasteiger partial charge in [-0.2, -0.15) is 0 Å². The highest BCUT2D eigenvalue weighted by Crippen LogP contribution is 2.16. The number of aryl methyl sites for hydroxylation is 2. The fraction of sp³-hybridized carbons (Fsp3) is 0.769. The smallest absolute Gasteiger partial charge is 0.0925 e. The minimum atomic E-state index is 1.18. The van der Waals surface area contributed by atoms with Crippen LogP contribution in [0.3, 0.4) is 0 Å². The highest BCUT2D eigenvalue weighted by atomic mass is 14.9. The molecule has 0 atom stereocenters. The van der Waals surface area contributed by atoms with Gasteiger partial charge in [0.2, 0.25) is 0 Å². The van der Waals surface area contributed by atoms with Gasteiger partial charge < -0.3 is 4.98 Å². The molecule has 2 rings (SSSR count). The number of hydrogen-bond acceptors (Lipinski definition) is 1. The van der Waals surface area contributed by atoms with E-state index in [4.69, 9.17) is 0 Å². The highest BCUT2D eigenvalue weighted by Gasteiger charge is 2.06. The van der Waals surface area contributed by atoms with Crippen LogP contribution >= 0.6 is 0 Å². The number of hydrogen-bond donors (Lipinski definition) is 1. The monoisotopic (exact) mass is 206 g/mol. The molecule has 0 radical (unpaired) electrons. The van der Waals surface area contributed by atoms with E-state index in [2.05, 4.69) is 9.97 Å². The van der Waals surface area contributed by atoms with E-state index in [9.17, 15) is 0 Å². The van der Waals surface area contributed by atoms with Crippen molar-refractivity contribution in [3.63, 3.8) is 0 Å². The van der Waals surface area contributed by atoms with Gasteiger partial charge in [-0.1, -0.05) is 38.5 Å². The lowest BCUT2D eigenvalue weighted by molar-refractivity contribution is 0.556. The van der Waals surface area contributed by atoms with Gasteiger partial charge in [0.15, 0.2) is 0 Å². The van der Waals surface area contributed by atoms with E-state index >= 15 is 0 Å². The molecule has 0 saturated heterocycles. The zero-order chi connectivity index (χ0) is 10.3. The SMILES string of the molecule is c1nc2c([nH]1)CCCCCCCCCC2. The fourth-order valence-electron chi connectivity index (χ4n) is 2.44. The second kappa shape index (κ2) is 5.94. The third-order valence-corrected chi connectivity index (χ3v) is 3.40. The van der Waals surface area contributed by atoms with E-state index < -0.39 is 0 Å². The second-order valence-electron chi connectivity index (χ2n) is 4.66. The number of fused-ring (bicyclic) bond motifs is 1. The van der Waals surface area contributed by atoms with Crippen molar-refractivity contribution in [1.82, 2.24) is 9.97 Å². The molecule has 0 aromatic carbocycles. The van der Waals surface area contributed by atoms with Gasteiger partial charge in [-0.15, -0.1) is 0 Å². The number of aromatic nitrogens is 2. The van der Waals surface area contributed by atoms with Crippen LogP contribution in [0.25, 0.3) is 0 Å². The molecule has 1 aromatic rings. The maximum Gasteiger partial charge on any atom is 0.0925 e. The molecular formula is C13H22N2. The van der Waals surface area contributed by atoms with Crippen LogP contribution in [0.1, 0.15) is 62.8 Å². The Labute approximate surface area is 92.5 Å². The second-order valence-corrected chi connectivity index (χ2v) is 4.66. The predicted octanol–water partition coefficient (Wildman–Crippen LogP) is 3.63. The lowest BCUT2D eigenvalue weighted by Crippen LogP contribution is -1.96. The van der Waals surface area contributed by atoms with Gasteiger partial charge in [-0.3, -0.25) is 0 Å². The Balaban J connectivity index is 1.92. The van der Waals surface area contributed by atoms with Crippen LogP contribution in [0.5, 0.6) is 0 Å². The summed E-state index contributed by atoms with van der Waals surface area (Å²) in [6.07, 6.45) is 15.4. The van der Waals surface area contributed by atoms with Crippen LogP contribution < -0.4 is 0 Å². The average molecular weight is 206 g/mol. The van der Waals surface area contributed by atoms with Gasteiger partial charge in [-0.05, 0) is 25.7 Å². The van der Waals surface area contributed by atoms with Crippen molar-refractivity contribution in [2.24, 2.45) is 0 Å². The first kappa shape index (κ1) is 10.7. The largest absolute Gasteiger partial charge is 0.348 e. The van der Waals surface area contributed by atoms with Gasteiger partial charge in [0.25, 0.3) is 0 Å². The standard InChI is InChI=1S/C13H22N2/c1-2-4-6-8-10-13-12(14-11-15-13)9-7-5-3-1/h11H,1-10H2,(H,14,15). The van der Waals surface area contributed by atoms with E-state index in [-0.39, 0.29) is 0 Å². The van der Waals surface area contributed by atoms with Crippen LogP contribution in [0.2, 0.25) is 0 Å². The summed E-state index contributed by atoms with van der Waals surface area (Å²) in [6, 6.07) is 0. The van der Waals surface area contributed by atoms with Crippen LogP contribution in [0.15, 0.2) is 6.33 Å². The third-order valence-electron chi connectivity index (χ3n) is 3.40. The summed E-state index contributed by atoms with van der Waals surface area (Å²) in [6.45, 7) is 0. The molecule has 0 amide bonds. The maximum atomic E-state index is 4.43. The molecule has 1 aromatic heterocycles. The van der Waals surface area contributed by atoms with E-state index in [1.807, 2.05) is 6.33 Å². The van der Waals surface area contributed by atoms with Crippen LogP contribution in [0.4, 0.5) is 0 Å². The van der Waals surface area contributed by atoms with Crippen molar-refractivity contribution in [1.29, 1.82) is 0 Å². The quantitative estimate of drug-likeness (QED) is 0.690. The van der Waals surface area contributed by atoms with Crippen molar-refractivity contribution in [2.75, 3.05) is 0 Å². The zero-order valence-electron chi connectivity index (χ0n) is 9.60. The first-order valence-electron chi connectivity index (χ1n) is 6.48. The molecular weight excluding hydrogens is 184 g/mol. The van der Waals surface area contributed by atoms with E-state index in [1.54, 1.807) is 0 Å². The van der Waals surface area contributed by atoms with Gasteiger partial charge in [0, 0.05) is 5.69 Å². The Kier molecular flexibility index (Phi) is 4.24. The summed E-state index contributed by atoms with van der Waals surface area (Å²) in [5.74, 6) is 0. The number of H-pyrrole nitrogens is 1. The Morgan fingerprint density at radius 3 is 2.13 bits per heavy atom. The minimum absolute atomic E-state index is 1.18. The van der Waals surface area contributed by atoms with Crippen molar-refractivity contribution in [2.45, 2.75) is 64.2 Å². The molecule has 84 valence electrons. The lowest BCUT2D eigenvalue weighted by atomic mass is 10.0. The Hall–Kier alpha value is -0.790. The van der Waals surface area contributed by atoms with Crippen LogP contribution in [-0.4, -0.2) is 9.97 Å². The molecule has 2 heteroatoms. The summed E-state index contributed by atoms with van der Waals surface area (Å²) in [5, 5.41) is 0. The maximum absolute atomic E-state index is 4.43. The number of imidazole rings is 1. The van der Waals surface area contributed by atoms with E-state index in [1.165, 1.54) is 75.6 Å². The third kappa shape index (κ3) is 3.37. The van der Waals surface area contributed by atoms with Gasteiger partial charge >= 0.3 is 0 Å². The number of nitrogens with zero attached hydrogens (tertiary/aromatic N) is 1. The molecule has 2 nitrogen and oxygen atoms in total. The molecule has 0 unspecified atom stereocenters. The molecule has 1 aliphatic carbocycles. The molecule has 0 saturated carbocycles. The van der Waals surface area contributed by atoms with E-state index in [0.29, 0.717) is 0 Å². The fourth-order valence-corrected chi connectivity index (χ4v) is 2.44. The molecule has 1 aliphatic rings. The molecule has 0 bridgehead atoms. The lowest BCUT2D eigenvalue weighted by Gasteiger charge is -2.06. The summed E-state index contributed by atoms with van der Waals surface area (Å²) in [4.78, 5) is 7.73. The average Bonchev–Trinajstić information content (AvgIpc) is 2.65. The summed E-state index contributed by atoms with van der Waals surface area (Å²) >= 11 is 0. The summed E-state index contributed by atoms with van der Waals surface area (Å²) < 4.78 is 0. The molecule has 0 fully saturated rings. The van der Waals surface area contributed by atoms with Crippen molar-refractivity contribution < 1.29 is 0 Å². The Morgan fingerprint density at radius 2 is 1.40 bits per heavy atom. The first-order valence-corrected chi connectivity index (χ1v) is 6.48. The normalized spacial score (nSPS) is 20.0. The molecule has 0 spiro atoms. The Bertz CT molecular complexity index is 251. The minimum Gasteiger partial charge on any atom is -0.348 e. The number of rotatable bonds is 0. The number of nitrogens with one attached hydrogen (secondary N) is 1. The molecule has 1 heterocycles. The van der Waals surface area contributed by atoms with Gasteiger partial charge in [-0.25, -0.2) is 4.98 Å². The van der Waals surface area contributed by atoms with Crippen LogP contribution in [0, 0.1) is 0 Å². The molecule has 15 heavy (non-hydrogen) atoms. The zero-order valence-corrected chi connectivity index (χ0v) is 9.60. The van der Waals surface area contributed by atoms with Gasteiger partial charge in [0.1, 0.15) is 0 Å². The first-order chi connectivity index (χ1) is 7.47. The van der Waals surface area contributed by atoms with Crippen molar-refractivity contribution >= 4 is 0 Å². The topological polar surface area (TPSA) is 28.7 Å². The van der Waals surface area contributed by atoms with E-state index in [0.717, 1.165) is 0 Å². The van der Waals surface area contributed by atoms with Gasteiger partial charge in [0.05, 0.1) is 12.0 Å².